The monoisotopic (exact) mass is 398 g/mol. The molecule has 4 rings (SSSR count). The molecule has 0 aliphatic carbocycles. The van der Waals surface area contributed by atoms with E-state index in [4.69, 9.17) is 9.47 Å². The van der Waals surface area contributed by atoms with Crippen LogP contribution in [0.15, 0.2) is 41.5 Å². The summed E-state index contributed by atoms with van der Waals surface area (Å²) in [5.74, 6) is -0.576. The van der Waals surface area contributed by atoms with Crippen LogP contribution >= 0.6 is 0 Å². The van der Waals surface area contributed by atoms with E-state index >= 15 is 0 Å². The van der Waals surface area contributed by atoms with E-state index in [9.17, 15) is 14.7 Å². The van der Waals surface area contributed by atoms with E-state index in [1.165, 1.54) is 7.11 Å². The van der Waals surface area contributed by atoms with E-state index in [-0.39, 0.29) is 16.8 Å². The van der Waals surface area contributed by atoms with Gasteiger partial charge >= 0.3 is 5.97 Å². The van der Waals surface area contributed by atoms with Crippen LogP contribution in [0.2, 0.25) is 0 Å². The molecule has 3 aliphatic rings. The Morgan fingerprint density at radius 1 is 1.28 bits per heavy atom. The van der Waals surface area contributed by atoms with Crippen molar-refractivity contribution in [2.24, 2.45) is 0 Å². The molecule has 1 aromatic carbocycles. The lowest BCUT2D eigenvalue weighted by atomic mass is 10.1. The molecule has 0 bridgehead atoms. The molecule has 152 valence electrons. The number of fused-ring (bicyclic) bond motifs is 1. The largest absolute Gasteiger partial charge is 0.465 e. The second kappa shape index (κ2) is 8.16. The predicted octanol–water partition coefficient (Wildman–Crippen LogP) is 0.818. The minimum Gasteiger partial charge on any atom is -0.465 e. The Kier molecular flexibility index (Phi) is 5.43. The van der Waals surface area contributed by atoms with Crippen LogP contribution in [-0.2, 0) is 9.47 Å². The molecule has 0 amide bonds. The van der Waals surface area contributed by atoms with Gasteiger partial charge in [0.2, 0.25) is 0 Å². The first kappa shape index (κ1) is 19.3. The number of aromatic amines is 1. The molecule has 3 aliphatic heterocycles. The fourth-order valence-corrected chi connectivity index (χ4v) is 3.45. The SMILES string of the molecule is COC(=O)c1cn(-c2ccc([C@H](O)CN3CCOCC3)cc2)cc2c(=O)[nH]nc1-2. The number of benzene rings is 1. The number of hydrogen-bond acceptors (Lipinski definition) is 7. The normalized spacial score (nSPS) is 16.1. The van der Waals surface area contributed by atoms with E-state index < -0.39 is 12.1 Å². The molecule has 0 unspecified atom stereocenters. The number of carbonyl (C=O) groups excluding carboxylic acids is 1. The number of H-pyrrole nitrogens is 1. The minimum absolute atomic E-state index is 0.194. The second-order valence-electron chi connectivity index (χ2n) is 6.91. The number of methoxy groups -OCH3 is 1. The molecule has 0 spiro atoms. The van der Waals surface area contributed by atoms with Gasteiger partial charge in [-0.2, -0.15) is 5.10 Å². The fraction of sp³-hybridized carbons (Fsp3) is 0.350. The van der Waals surface area contributed by atoms with Crippen molar-refractivity contribution < 1.29 is 19.4 Å². The number of hydrogen-bond donors (Lipinski definition) is 2. The first-order valence-corrected chi connectivity index (χ1v) is 9.34. The van der Waals surface area contributed by atoms with Crippen molar-refractivity contribution in [3.63, 3.8) is 0 Å². The molecular weight excluding hydrogens is 376 g/mol. The second-order valence-corrected chi connectivity index (χ2v) is 6.91. The third kappa shape index (κ3) is 3.93. The number of carbonyl (C=O) groups is 1. The van der Waals surface area contributed by atoms with Crippen molar-refractivity contribution in [3.8, 4) is 16.9 Å². The molecule has 9 heteroatoms. The Morgan fingerprint density at radius 2 is 2.00 bits per heavy atom. The summed E-state index contributed by atoms with van der Waals surface area (Å²) >= 11 is 0. The maximum atomic E-state index is 12.1. The molecule has 1 fully saturated rings. The van der Waals surface area contributed by atoms with Gasteiger partial charge in [0.05, 0.1) is 32.0 Å². The summed E-state index contributed by atoms with van der Waals surface area (Å²) in [7, 11) is 1.28. The summed E-state index contributed by atoms with van der Waals surface area (Å²) < 4.78 is 11.8. The highest BCUT2D eigenvalue weighted by atomic mass is 16.5. The van der Waals surface area contributed by atoms with E-state index in [0.717, 1.165) is 24.3 Å². The number of β-amino-alcohol motifs (C(OH)–C–C–N with tert-alkyl or cyclic N) is 1. The summed E-state index contributed by atoms with van der Waals surface area (Å²) in [6.45, 7) is 3.53. The molecular formula is C20H22N4O5. The molecule has 0 aromatic heterocycles. The van der Waals surface area contributed by atoms with E-state index in [1.54, 1.807) is 17.0 Å². The lowest BCUT2D eigenvalue weighted by Crippen LogP contribution is -2.38. The lowest BCUT2D eigenvalue weighted by molar-refractivity contribution is 0.0143. The summed E-state index contributed by atoms with van der Waals surface area (Å²) in [4.78, 5) is 26.3. The maximum Gasteiger partial charge on any atom is 0.341 e. The summed E-state index contributed by atoms with van der Waals surface area (Å²) in [6.07, 6.45) is 2.59. The van der Waals surface area contributed by atoms with Crippen LogP contribution in [0.4, 0.5) is 0 Å². The molecule has 1 saturated heterocycles. The molecule has 29 heavy (non-hydrogen) atoms. The Bertz CT molecular complexity index is 1020. The average Bonchev–Trinajstić information content (AvgIpc) is 3.14. The first-order chi connectivity index (χ1) is 14.1. The smallest absolute Gasteiger partial charge is 0.341 e. The van der Waals surface area contributed by atoms with Crippen molar-refractivity contribution in [2.75, 3.05) is 40.0 Å². The van der Waals surface area contributed by atoms with Crippen LogP contribution in [0.5, 0.6) is 0 Å². The molecule has 2 N–H and O–H groups in total. The molecule has 1 aromatic rings. The average molecular weight is 398 g/mol. The van der Waals surface area contributed by atoms with Crippen LogP contribution < -0.4 is 5.56 Å². The number of rotatable bonds is 5. The topological polar surface area (TPSA) is 110 Å². The fourth-order valence-electron chi connectivity index (χ4n) is 3.45. The van der Waals surface area contributed by atoms with Crippen molar-refractivity contribution in [3.05, 3.63) is 58.1 Å². The van der Waals surface area contributed by atoms with Gasteiger partial charge in [-0.15, -0.1) is 0 Å². The van der Waals surface area contributed by atoms with Crippen LogP contribution in [0.1, 0.15) is 22.0 Å². The van der Waals surface area contributed by atoms with E-state index in [2.05, 4.69) is 15.1 Å². The van der Waals surface area contributed by atoms with Crippen molar-refractivity contribution in [1.82, 2.24) is 19.7 Å². The van der Waals surface area contributed by atoms with E-state index in [1.807, 2.05) is 24.3 Å². The number of ether oxygens (including phenoxy) is 2. The molecule has 0 saturated carbocycles. The number of nitrogens with zero attached hydrogens (tertiary/aromatic N) is 3. The zero-order valence-corrected chi connectivity index (χ0v) is 16.0. The van der Waals surface area contributed by atoms with Gasteiger partial charge in [-0.3, -0.25) is 9.69 Å². The molecule has 1 atom stereocenters. The number of morpholine rings is 1. The van der Waals surface area contributed by atoms with Gasteiger partial charge in [0, 0.05) is 37.7 Å². The summed E-state index contributed by atoms with van der Waals surface area (Å²) in [6, 6.07) is 7.33. The van der Waals surface area contributed by atoms with Gasteiger partial charge in [0.15, 0.2) is 0 Å². The van der Waals surface area contributed by atoms with Gasteiger partial charge in [-0.25, -0.2) is 9.89 Å². The number of aliphatic hydroxyl groups excluding tert-OH is 1. The van der Waals surface area contributed by atoms with E-state index in [0.29, 0.717) is 25.3 Å². The lowest BCUT2D eigenvalue weighted by Gasteiger charge is -2.28. The van der Waals surface area contributed by atoms with Gasteiger partial charge in [-0.1, -0.05) is 12.1 Å². The maximum absolute atomic E-state index is 12.1. The van der Waals surface area contributed by atoms with Crippen molar-refractivity contribution >= 4 is 5.97 Å². The third-order valence-corrected chi connectivity index (χ3v) is 5.08. The van der Waals surface area contributed by atoms with Crippen LogP contribution in [-0.4, -0.2) is 70.7 Å². The first-order valence-electron chi connectivity index (χ1n) is 9.34. The Labute approximate surface area is 166 Å². The highest BCUT2D eigenvalue weighted by Gasteiger charge is 2.22. The van der Waals surface area contributed by atoms with Gasteiger partial charge in [0.25, 0.3) is 5.56 Å². The quantitative estimate of drug-likeness (QED) is 0.612. The number of aliphatic hydroxyl groups is 1. The van der Waals surface area contributed by atoms with Gasteiger partial charge in [-0.05, 0) is 17.7 Å². The molecule has 9 nitrogen and oxygen atoms in total. The number of aromatic nitrogens is 3. The standard InChI is InChI=1S/C20H22N4O5/c1-28-20(27)16-11-24(10-15-18(16)21-22-19(15)26)14-4-2-13(3-5-14)17(25)12-23-6-8-29-9-7-23/h2-5,10-11,17,25H,6-9,12H2,1H3,(H,22,26)/t17-/m1/s1. The predicted molar refractivity (Wildman–Crippen MR) is 104 cm³/mol. The number of pyridine rings is 1. The zero-order valence-electron chi connectivity index (χ0n) is 16.0. The summed E-state index contributed by atoms with van der Waals surface area (Å²) in [5.41, 5.74) is 1.92. The third-order valence-electron chi connectivity index (χ3n) is 5.08. The number of esters is 1. The van der Waals surface area contributed by atoms with Crippen LogP contribution in [0.3, 0.4) is 0 Å². The van der Waals surface area contributed by atoms with Gasteiger partial charge in [0.1, 0.15) is 11.3 Å². The minimum atomic E-state index is -0.609. The Morgan fingerprint density at radius 3 is 2.69 bits per heavy atom. The highest BCUT2D eigenvalue weighted by molar-refractivity contribution is 5.96. The van der Waals surface area contributed by atoms with Crippen molar-refractivity contribution in [2.45, 2.75) is 6.10 Å². The zero-order chi connectivity index (χ0) is 20.4. The summed E-state index contributed by atoms with van der Waals surface area (Å²) in [5, 5.41) is 16.8. The molecule has 3 heterocycles. The van der Waals surface area contributed by atoms with Crippen LogP contribution in [0.25, 0.3) is 16.9 Å². The van der Waals surface area contributed by atoms with Crippen molar-refractivity contribution in [1.29, 1.82) is 0 Å². The molecule has 0 radical (unpaired) electrons. The van der Waals surface area contributed by atoms with Crippen LogP contribution in [0, 0.1) is 0 Å². The Balaban J connectivity index is 1.61. The Hall–Kier alpha value is -3.01. The highest BCUT2D eigenvalue weighted by Crippen LogP contribution is 2.24. The van der Waals surface area contributed by atoms with Gasteiger partial charge < -0.3 is 19.1 Å². The number of nitrogens with one attached hydrogen (secondary N) is 1.